The topological polar surface area (TPSA) is 35.2 Å². The van der Waals surface area contributed by atoms with E-state index in [0.29, 0.717) is 12.0 Å². The third-order valence-electron chi connectivity index (χ3n) is 4.27. The molecule has 0 amide bonds. The summed E-state index contributed by atoms with van der Waals surface area (Å²) < 4.78 is 43.9. The van der Waals surface area contributed by atoms with Crippen LogP contribution in [-0.4, -0.2) is 7.11 Å². The lowest BCUT2D eigenvalue weighted by Crippen LogP contribution is -2.07. The van der Waals surface area contributed by atoms with Crippen molar-refractivity contribution in [2.75, 3.05) is 7.11 Å². The Kier molecular flexibility index (Phi) is 4.06. The van der Waals surface area contributed by atoms with Crippen molar-refractivity contribution >= 4 is 0 Å². The molecule has 0 bridgehead atoms. The zero-order valence-electron chi connectivity index (χ0n) is 12.8. The molecule has 0 aromatic heterocycles. The fraction of sp³-hybridized carbons (Fsp3) is 0.333. The molecule has 1 atom stereocenters. The van der Waals surface area contributed by atoms with Crippen LogP contribution < -0.4 is 10.5 Å². The Hall–Kier alpha value is -2.01. The van der Waals surface area contributed by atoms with Gasteiger partial charge in [-0.15, -0.1) is 0 Å². The summed E-state index contributed by atoms with van der Waals surface area (Å²) in [5, 5.41) is 0. The summed E-state index contributed by atoms with van der Waals surface area (Å²) in [7, 11) is 1.37. The van der Waals surface area contributed by atoms with Crippen LogP contribution in [0.5, 0.6) is 5.75 Å². The van der Waals surface area contributed by atoms with E-state index in [1.807, 2.05) is 12.1 Å². The van der Waals surface area contributed by atoms with Crippen molar-refractivity contribution < 1.29 is 17.9 Å². The number of benzene rings is 2. The molecule has 2 N–H and O–H groups in total. The third-order valence-corrected chi connectivity index (χ3v) is 4.27. The first kappa shape index (κ1) is 15.9. The molecule has 5 heteroatoms. The summed E-state index contributed by atoms with van der Waals surface area (Å²) in [5.41, 5.74) is 9.25. The first-order valence-corrected chi connectivity index (χ1v) is 7.49. The highest BCUT2D eigenvalue weighted by Crippen LogP contribution is 2.34. The van der Waals surface area contributed by atoms with Crippen LogP contribution in [0.4, 0.5) is 13.2 Å². The number of halogens is 3. The zero-order valence-corrected chi connectivity index (χ0v) is 12.8. The molecule has 3 rings (SSSR count). The summed E-state index contributed by atoms with van der Waals surface area (Å²) in [6.45, 7) is 0. The molecule has 2 aromatic carbocycles. The fourth-order valence-electron chi connectivity index (χ4n) is 3.09. The molecule has 0 saturated heterocycles. The summed E-state index contributed by atoms with van der Waals surface area (Å²) in [4.78, 5) is 0. The van der Waals surface area contributed by atoms with Gasteiger partial charge in [0.05, 0.1) is 12.7 Å². The molecule has 2 nitrogen and oxygen atoms in total. The van der Waals surface area contributed by atoms with Gasteiger partial charge in [-0.25, -0.2) is 0 Å². The van der Waals surface area contributed by atoms with Crippen molar-refractivity contribution in [2.45, 2.75) is 31.5 Å². The van der Waals surface area contributed by atoms with Gasteiger partial charge in [-0.2, -0.15) is 13.2 Å². The largest absolute Gasteiger partial charge is 0.497 e. The van der Waals surface area contributed by atoms with Crippen molar-refractivity contribution in [2.24, 2.45) is 5.73 Å². The average Bonchev–Trinajstić information content (AvgIpc) is 2.87. The van der Waals surface area contributed by atoms with Crippen molar-refractivity contribution in [1.29, 1.82) is 0 Å². The van der Waals surface area contributed by atoms with Crippen LogP contribution in [-0.2, 0) is 19.0 Å². The van der Waals surface area contributed by atoms with Crippen LogP contribution in [0.2, 0.25) is 0 Å². The molecule has 2 aromatic rings. The lowest BCUT2D eigenvalue weighted by atomic mass is 9.98. The fourth-order valence-corrected chi connectivity index (χ4v) is 3.09. The van der Waals surface area contributed by atoms with Crippen molar-refractivity contribution in [3.05, 3.63) is 64.2 Å². The molecular weight excluding hydrogens is 303 g/mol. The highest BCUT2D eigenvalue weighted by atomic mass is 19.4. The normalized spacial score (nSPS) is 17.2. The number of hydrogen-bond acceptors (Lipinski definition) is 2. The van der Waals surface area contributed by atoms with E-state index < -0.39 is 11.7 Å². The van der Waals surface area contributed by atoms with Gasteiger partial charge in [-0.1, -0.05) is 18.2 Å². The number of hydrogen-bond donors (Lipinski definition) is 1. The van der Waals surface area contributed by atoms with E-state index in [4.69, 9.17) is 10.5 Å². The highest BCUT2D eigenvalue weighted by Gasteiger charge is 2.31. The molecule has 122 valence electrons. The van der Waals surface area contributed by atoms with E-state index in [0.717, 1.165) is 30.0 Å². The van der Waals surface area contributed by atoms with Gasteiger partial charge in [-0.05, 0) is 59.7 Å². The van der Waals surface area contributed by atoms with Crippen molar-refractivity contribution in [3.63, 3.8) is 0 Å². The first-order chi connectivity index (χ1) is 10.9. The van der Waals surface area contributed by atoms with Crippen LogP contribution in [0.3, 0.4) is 0 Å². The summed E-state index contributed by atoms with van der Waals surface area (Å²) in [5.74, 6) is 0.220. The number of fused-ring (bicyclic) bond motifs is 1. The average molecular weight is 321 g/mol. The third kappa shape index (κ3) is 3.34. The lowest BCUT2D eigenvalue weighted by molar-refractivity contribution is -0.137. The summed E-state index contributed by atoms with van der Waals surface area (Å²) in [6, 6.07) is 9.91. The summed E-state index contributed by atoms with van der Waals surface area (Å²) in [6.07, 6.45) is -2.09. The van der Waals surface area contributed by atoms with Crippen LogP contribution >= 0.6 is 0 Å². The van der Waals surface area contributed by atoms with Gasteiger partial charge in [0.2, 0.25) is 0 Å². The van der Waals surface area contributed by atoms with E-state index in [1.165, 1.54) is 18.7 Å². The molecule has 0 aliphatic heterocycles. The monoisotopic (exact) mass is 321 g/mol. The Morgan fingerprint density at radius 1 is 1.13 bits per heavy atom. The molecule has 0 fully saturated rings. The molecule has 0 spiro atoms. The van der Waals surface area contributed by atoms with Crippen LogP contribution in [0.25, 0.3) is 0 Å². The Morgan fingerprint density at radius 2 is 1.91 bits per heavy atom. The zero-order chi connectivity index (χ0) is 16.6. The Balaban J connectivity index is 1.91. The van der Waals surface area contributed by atoms with E-state index in [1.54, 1.807) is 6.07 Å². The van der Waals surface area contributed by atoms with Gasteiger partial charge in [0, 0.05) is 6.04 Å². The second kappa shape index (κ2) is 5.89. The predicted octanol–water partition coefficient (Wildman–Crippen LogP) is 4.25. The number of alkyl halides is 3. The number of nitrogens with two attached hydrogens (primary N) is 1. The minimum atomic E-state index is -4.38. The Morgan fingerprint density at radius 3 is 2.61 bits per heavy atom. The SMILES string of the molecule is COc1cc(Cc2ccc3c(c2)CCC3N)cc(C(F)(F)F)c1. The first-order valence-electron chi connectivity index (χ1n) is 7.49. The van der Waals surface area contributed by atoms with Crippen LogP contribution in [0.15, 0.2) is 36.4 Å². The second-order valence-corrected chi connectivity index (χ2v) is 5.92. The number of rotatable bonds is 3. The van der Waals surface area contributed by atoms with Gasteiger partial charge >= 0.3 is 6.18 Å². The summed E-state index contributed by atoms with van der Waals surface area (Å²) >= 11 is 0. The van der Waals surface area contributed by atoms with Gasteiger partial charge in [0.1, 0.15) is 5.75 Å². The molecule has 1 unspecified atom stereocenters. The molecule has 0 saturated carbocycles. The van der Waals surface area contributed by atoms with E-state index in [-0.39, 0.29) is 11.8 Å². The van der Waals surface area contributed by atoms with E-state index in [2.05, 4.69) is 6.07 Å². The number of ether oxygens (including phenoxy) is 1. The van der Waals surface area contributed by atoms with Crippen LogP contribution in [0, 0.1) is 0 Å². The minimum Gasteiger partial charge on any atom is -0.497 e. The molecule has 23 heavy (non-hydrogen) atoms. The smallest absolute Gasteiger partial charge is 0.416 e. The Bertz CT molecular complexity index is 725. The molecule has 0 radical (unpaired) electrons. The standard InChI is InChI=1S/C18H18F3NO/c1-23-15-9-12(8-14(10-15)18(19,20)21)6-11-2-4-16-13(7-11)3-5-17(16)22/h2,4,7-10,17H,3,5-6,22H2,1H3. The molecule has 0 heterocycles. The second-order valence-electron chi connectivity index (χ2n) is 5.92. The quantitative estimate of drug-likeness (QED) is 0.917. The Labute approximate surface area is 133 Å². The lowest BCUT2D eigenvalue weighted by Gasteiger charge is -2.12. The van der Waals surface area contributed by atoms with Crippen LogP contribution in [0.1, 0.15) is 40.3 Å². The minimum absolute atomic E-state index is 0.0766. The van der Waals surface area contributed by atoms with Gasteiger partial charge < -0.3 is 10.5 Å². The van der Waals surface area contributed by atoms with Gasteiger partial charge in [0.25, 0.3) is 0 Å². The maximum absolute atomic E-state index is 13.0. The van der Waals surface area contributed by atoms with E-state index >= 15 is 0 Å². The molecular formula is C18H18F3NO. The van der Waals surface area contributed by atoms with E-state index in [9.17, 15) is 13.2 Å². The predicted molar refractivity (Wildman–Crippen MR) is 82.5 cm³/mol. The van der Waals surface area contributed by atoms with Gasteiger partial charge in [-0.3, -0.25) is 0 Å². The van der Waals surface area contributed by atoms with Crippen molar-refractivity contribution in [3.8, 4) is 5.75 Å². The number of methoxy groups -OCH3 is 1. The highest BCUT2D eigenvalue weighted by molar-refractivity contribution is 5.42. The molecule has 1 aliphatic carbocycles. The van der Waals surface area contributed by atoms with Crippen molar-refractivity contribution in [1.82, 2.24) is 0 Å². The van der Waals surface area contributed by atoms with Gasteiger partial charge in [0.15, 0.2) is 0 Å². The maximum Gasteiger partial charge on any atom is 0.416 e. The molecule has 1 aliphatic rings. The maximum atomic E-state index is 13.0. The number of aryl methyl sites for hydroxylation is 1.